The molecule has 12 aromatic rings. The molecule has 0 atom stereocenters. The highest BCUT2D eigenvalue weighted by atomic mass is 32.1. The lowest BCUT2D eigenvalue weighted by molar-refractivity contribution is 0.653. The van der Waals surface area contributed by atoms with E-state index in [-0.39, 0.29) is 5.41 Å². The first-order valence-corrected chi connectivity index (χ1v) is 22.4. The summed E-state index contributed by atoms with van der Waals surface area (Å²) in [5.41, 5.74) is 14.9. The Morgan fingerprint density at radius 1 is 0.613 bits per heavy atom. The fourth-order valence-corrected chi connectivity index (χ4v) is 12.4. The summed E-state index contributed by atoms with van der Waals surface area (Å²) in [5, 5.41) is 9.50. The first-order valence-electron chi connectivity index (χ1n) is 21.6. The molecular formula is C57H37N3OS. The van der Waals surface area contributed by atoms with E-state index in [0.29, 0.717) is 11.5 Å². The second kappa shape index (κ2) is 12.4. The maximum Gasteiger partial charge on any atom is 0.233 e. The number of aryl methyl sites for hydroxylation is 1. The topological polar surface area (TPSA) is 43.9 Å². The van der Waals surface area contributed by atoms with E-state index < -0.39 is 0 Å². The smallest absolute Gasteiger partial charge is 0.233 e. The third-order valence-electron chi connectivity index (χ3n) is 13.8. The van der Waals surface area contributed by atoms with Crippen molar-refractivity contribution in [2.75, 3.05) is 0 Å². The van der Waals surface area contributed by atoms with Crippen LogP contribution in [0.15, 0.2) is 162 Å². The highest BCUT2D eigenvalue weighted by Gasteiger charge is 2.37. The predicted molar refractivity (Wildman–Crippen MR) is 260 cm³/mol. The van der Waals surface area contributed by atoms with Crippen molar-refractivity contribution >= 4 is 92.2 Å². The van der Waals surface area contributed by atoms with Gasteiger partial charge in [0.2, 0.25) is 5.71 Å². The van der Waals surface area contributed by atoms with Gasteiger partial charge in [0.25, 0.3) is 0 Å². The standard InChI is InChI=1S/C57H37N3OS/c1-57(2)43-26-10-7-19-37(43)39-25-14-24-36(51(39)57)33-16-13-17-34(31-33)54-58-55(50-41-22-8-11-27-45(41)61-56(50)59-54)60-44-30-29-32-15-3-4-18-35(32)47(44)48-38-20-5-6-21-40(38)53-49(52(48)60)42-23-9-12-28-46(42)62-53/h4-14,16-31H,3,15H2,1-2H3. The lowest BCUT2D eigenvalue weighted by Gasteiger charge is -2.24. The first kappa shape index (κ1) is 34.4. The van der Waals surface area contributed by atoms with Crippen LogP contribution in [0.4, 0.5) is 0 Å². The van der Waals surface area contributed by atoms with Crippen molar-refractivity contribution in [3.05, 3.63) is 180 Å². The van der Waals surface area contributed by atoms with Crippen LogP contribution >= 0.6 is 11.3 Å². The molecule has 4 nitrogen and oxygen atoms in total. The van der Waals surface area contributed by atoms with Gasteiger partial charge >= 0.3 is 0 Å². The Hall–Kier alpha value is -7.34. The second-order valence-electron chi connectivity index (χ2n) is 17.5. The number of benzene rings is 8. The zero-order valence-electron chi connectivity index (χ0n) is 34.2. The summed E-state index contributed by atoms with van der Waals surface area (Å²) >= 11 is 1.88. The van der Waals surface area contributed by atoms with Crippen LogP contribution in [-0.4, -0.2) is 14.5 Å². The van der Waals surface area contributed by atoms with Gasteiger partial charge in [-0.25, -0.2) is 4.98 Å². The number of furan rings is 1. The van der Waals surface area contributed by atoms with Gasteiger partial charge in [-0.2, -0.15) is 4.98 Å². The number of fused-ring (bicyclic) bond motifs is 18. The summed E-state index contributed by atoms with van der Waals surface area (Å²) in [7, 11) is 0. The Morgan fingerprint density at radius 3 is 2.27 bits per heavy atom. The molecule has 292 valence electrons. The zero-order valence-corrected chi connectivity index (χ0v) is 35.0. The number of allylic oxidation sites excluding steroid dienone is 1. The Labute approximate surface area is 361 Å². The molecule has 0 bridgehead atoms. The second-order valence-corrected chi connectivity index (χ2v) is 18.6. The van der Waals surface area contributed by atoms with E-state index in [9.17, 15) is 0 Å². The number of hydrogen-bond donors (Lipinski definition) is 0. The lowest BCUT2D eigenvalue weighted by atomic mass is 9.79. The minimum atomic E-state index is -0.151. The molecule has 2 aliphatic rings. The molecule has 0 aliphatic heterocycles. The minimum absolute atomic E-state index is 0.151. The summed E-state index contributed by atoms with van der Waals surface area (Å²) in [4.78, 5) is 11.0. The number of para-hydroxylation sites is 1. The molecular weight excluding hydrogens is 775 g/mol. The average Bonchev–Trinajstić information content (AvgIpc) is 4.06. The first-order chi connectivity index (χ1) is 30.5. The molecule has 0 unspecified atom stereocenters. The van der Waals surface area contributed by atoms with Gasteiger partial charge in [0.1, 0.15) is 5.58 Å². The number of aromatic nitrogens is 3. The number of nitrogens with zero attached hydrogens (tertiary/aromatic N) is 3. The van der Waals surface area contributed by atoms with E-state index in [2.05, 4.69) is 170 Å². The van der Waals surface area contributed by atoms with Crippen LogP contribution in [-0.2, 0) is 11.8 Å². The zero-order chi connectivity index (χ0) is 40.8. The van der Waals surface area contributed by atoms with Crippen molar-refractivity contribution in [1.29, 1.82) is 0 Å². The molecule has 0 amide bonds. The molecule has 0 fully saturated rings. The number of thiophene rings is 1. The van der Waals surface area contributed by atoms with Crippen molar-refractivity contribution in [3.63, 3.8) is 0 Å². The third kappa shape index (κ3) is 4.50. The van der Waals surface area contributed by atoms with Gasteiger partial charge in [0.05, 0.1) is 16.4 Å². The van der Waals surface area contributed by atoms with Crippen molar-refractivity contribution in [2.45, 2.75) is 32.1 Å². The van der Waals surface area contributed by atoms with Gasteiger partial charge < -0.3 is 4.42 Å². The molecule has 8 aromatic carbocycles. The van der Waals surface area contributed by atoms with E-state index in [1.54, 1.807) is 0 Å². The van der Waals surface area contributed by atoms with Crippen molar-refractivity contribution in [3.8, 4) is 39.5 Å². The SMILES string of the molecule is CC1(C)c2ccccc2-c2cccc(-c3cccc(-c4nc(-n5c6ccc7c(c6c6c8ccccc8c8sc9ccccc9c8c65)C=CCC7)c5c(n4)oc4ccccc45)c3)c21. The highest BCUT2D eigenvalue weighted by Crippen LogP contribution is 2.53. The molecule has 5 heteroatoms. The molecule has 0 N–H and O–H groups in total. The fourth-order valence-electron chi connectivity index (χ4n) is 11.2. The van der Waals surface area contributed by atoms with Gasteiger partial charge in [-0.1, -0.05) is 153 Å². The minimum Gasteiger partial charge on any atom is -0.437 e. The summed E-state index contributed by atoms with van der Waals surface area (Å²) in [5.74, 6) is 1.45. The van der Waals surface area contributed by atoms with Crippen LogP contribution in [0.3, 0.4) is 0 Å². The molecule has 0 spiro atoms. The van der Waals surface area contributed by atoms with Crippen LogP contribution in [0.25, 0.3) is 120 Å². The molecule has 2 aliphatic carbocycles. The van der Waals surface area contributed by atoms with Crippen LogP contribution in [0, 0.1) is 0 Å². The van der Waals surface area contributed by atoms with Crippen LogP contribution in [0.5, 0.6) is 0 Å². The van der Waals surface area contributed by atoms with E-state index in [1.165, 1.54) is 86.2 Å². The van der Waals surface area contributed by atoms with Gasteiger partial charge in [0.15, 0.2) is 11.6 Å². The maximum atomic E-state index is 6.75. The Kier molecular flexibility index (Phi) is 6.86. The summed E-state index contributed by atoms with van der Waals surface area (Å²) in [6.45, 7) is 4.71. The predicted octanol–water partition coefficient (Wildman–Crippen LogP) is 15.6. The third-order valence-corrected chi connectivity index (χ3v) is 15.1. The van der Waals surface area contributed by atoms with Gasteiger partial charge in [-0.3, -0.25) is 4.57 Å². The monoisotopic (exact) mass is 811 g/mol. The number of hydrogen-bond acceptors (Lipinski definition) is 4. The van der Waals surface area contributed by atoms with E-state index in [1.807, 2.05) is 23.5 Å². The summed E-state index contributed by atoms with van der Waals surface area (Å²) in [6.07, 6.45) is 6.76. The van der Waals surface area contributed by atoms with E-state index in [0.717, 1.165) is 51.7 Å². The van der Waals surface area contributed by atoms with Crippen LogP contribution in [0.1, 0.15) is 42.5 Å². The molecule has 0 saturated carbocycles. The number of rotatable bonds is 3. The van der Waals surface area contributed by atoms with E-state index >= 15 is 0 Å². The Bertz CT molecular complexity index is 3970. The quantitative estimate of drug-likeness (QED) is 0.178. The molecule has 0 radical (unpaired) electrons. The van der Waals surface area contributed by atoms with Crippen LogP contribution in [0.2, 0.25) is 0 Å². The largest absolute Gasteiger partial charge is 0.437 e. The van der Waals surface area contributed by atoms with Gasteiger partial charge in [-0.05, 0) is 87.0 Å². The average molecular weight is 812 g/mol. The molecule has 0 saturated heterocycles. The molecule has 62 heavy (non-hydrogen) atoms. The fraction of sp³-hybridized carbons (Fsp3) is 0.0877. The van der Waals surface area contributed by atoms with Gasteiger partial charge in [-0.15, -0.1) is 11.3 Å². The highest BCUT2D eigenvalue weighted by molar-refractivity contribution is 7.27. The lowest BCUT2D eigenvalue weighted by Crippen LogP contribution is -2.16. The van der Waals surface area contributed by atoms with Crippen molar-refractivity contribution in [2.24, 2.45) is 0 Å². The summed E-state index contributed by atoms with van der Waals surface area (Å²) < 4.78 is 11.8. The van der Waals surface area contributed by atoms with Gasteiger partial charge in [0, 0.05) is 52.7 Å². The molecule has 14 rings (SSSR count). The van der Waals surface area contributed by atoms with Crippen molar-refractivity contribution in [1.82, 2.24) is 14.5 Å². The molecule has 4 aromatic heterocycles. The van der Waals surface area contributed by atoms with Crippen molar-refractivity contribution < 1.29 is 4.42 Å². The maximum absolute atomic E-state index is 6.75. The molecule has 4 heterocycles. The van der Waals surface area contributed by atoms with E-state index in [4.69, 9.17) is 14.4 Å². The Balaban J connectivity index is 1.12. The normalized spacial score (nSPS) is 14.2. The van der Waals surface area contributed by atoms with Crippen LogP contribution < -0.4 is 0 Å². The Morgan fingerprint density at radius 2 is 1.35 bits per heavy atom. The summed E-state index contributed by atoms with van der Waals surface area (Å²) in [6, 6.07) is 55.3.